The van der Waals surface area contributed by atoms with E-state index in [0.717, 1.165) is 0 Å². The number of Topliss-reactive ketones (excluding diaryl/α,β-unsaturated/α-hetero) is 1. The molecule has 0 heterocycles. The largest absolute Gasteiger partial charge is 0.497 e. The Morgan fingerprint density at radius 3 is 2.36 bits per heavy atom. The first-order chi connectivity index (χ1) is 12.0. The van der Waals surface area contributed by atoms with Gasteiger partial charge in [-0.1, -0.05) is 23.7 Å². The minimum Gasteiger partial charge on any atom is -0.497 e. The molecule has 0 radical (unpaired) electrons. The van der Waals surface area contributed by atoms with E-state index in [4.69, 9.17) is 21.1 Å². The minimum atomic E-state index is -0.720. The Kier molecular flexibility index (Phi) is 6.54. The Balaban J connectivity index is 1.79. The van der Waals surface area contributed by atoms with Crippen molar-refractivity contribution in [2.75, 3.05) is 20.3 Å². The second-order valence-electron chi connectivity index (χ2n) is 4.97. The third-order valence-electron chi connectivity index (χ3n) is 3.28. The highest BCUT2D eigenvalue weighted by Crippen LogP contribution is 2.15. The molecule has 0 saturated heterocycles. The highest BCUT2D eigenvalue weighted by molar-refractivity contribution is 6.34. The molecule has 1 N–H and O–H groups in total. The summed E-state index contributed by atoms with van der Waals surface area (Å²) in [6.45, 7) is -0.790. The van der Waals surface area contributed by atoms with Crippen LogP contribution in [-0.4, -0.2) is 37.9 Å². The molecular formula is C18H16ClNO5. The topological polar surface area (TPSA) is 81.7 Å². The van der Waals surface area contributed by atoms with Gasteiger partial charge in [-0.3, -0.25) is 14.4 Å². The van der Waals surface area contributed by atoms with E-state index in [1.165, 1.54) is 7.11 Å². The van der Waals surface area contributed by atoms with Crippen LogP contribution in [0.2, 0.25) is 5.02 Å². The highest BCUT2D eigenvalue weighted by atomic mass is 35.5. The van der Waals surface area contributed by atoms with E-state index in [1.54, 1.807) is 48.5 Å². The Morgan fingerprint density at radius 1 is 1.04 bits per heavy atom. The van der Waals surface area contributed by atoms with E-state index in [9.17, 15) is 14.4 Å². The number of halogens is 1. The molecule has 0 spiro atoms. The Morgan fingerprint density at radius 2 is 1.72 bits per heavy atom. The normalized spacial score (nSPS) is 10.0. The van der Waals surface area contributed by atoms with Crippen LogP contribution in [0.3, 0.4) is 0 Å². The van der Waals surface area contributed by atoms with Crippen molar-refractivity contribution in [3.63, 3.8) is 0 Å². The number of hydrogen-bond donors (Lipinski definition) is 1. The molecule has 25 heavy (non-hydrogen) atoms. The number of hydrogen-bond acceptors (Lipinski definition) is 5. The average Bonchev–Trinajstić information content (AvgIpc) is 2.64. The number of benzene rings is 2. The number of carbonyl (C=O) groups is 3. The lowest BCUT2D eigenvalue weighted by atomic mass is 10.1. The van der Waals surface area contributed by atoms with Gasteiger partial charge in [0.05, 0.1) is 12.1 Å². The van der Waals surface area contributed by atoms with Crippen LogP contribution in [0.5, 0.6) is 5.75 Å². The van der Waals surface area contributed by atoms with Crippen LogP contribution in [-0.2, 0) is 9.53 Å². The standard InChI is InChI=1S/C18H16ClNO5/c1-24-13-8-6-12(7-9-13)18(23)20-10-17(22)25-11-16(21)14-4-2-3-5-15(14)19/h2-9H,10-11H2,1H3,(H,20,23). The van der Waals surface area contributed by atoms with Crippen LogP contribution in [0.1, 0.15) is 20.7 Å². The number of methoxy groups -OCH3 is 1. The van der Waals surface area contributed by atoms with Crippen molar-refractivity contribution < 1.29 is 23.9 Å². The molecule has 6 nitrogen and oxygen atoms in total. The molecule has 0 aliphatic heterocycles. The third kappa shape index (κ3) is 5.32. The van der Waals surface area contributed by atoms with Gasteiger partial charge in [-0.05, 0) is 36.4 Å². The molecule has 2 rings (SSSR count). The maximum Gasteiger partial charge on any atom is 0.325 e. The molecule has 0 fully saturated rings. The fourth-order valence-corrected chi connectivity index (χ4v) is 2.20. The van der Waals surface area contributed by atoms with Gasteiger partial charge in [0, 0.05) is 11.1 Å². The van der Waals surface area contributed by atoms with Gasteiger partial charge in [0.2, 0.25) is 5.78 Å². The van der Waals surface area contributed by atoms with Gasteiger partial charge in [-0.2, -0.15) is 0 Å². The van der Waals surface area contributed by atoms with Crippen molar-refractivity contribution in [2.24, 2.45) is 0 Å². The van der Waals surface area contributed by atoms with E-state index >= 15 is 0 Å². The zero-order chi connectivity index (χ0) is 18.2. The smallest absolute Gasteiger partial charge is 0.325 e. The first kappa shape index (κ1) is 18.5. The fraction of sp³-hybridized carbons (Fsp3) is 0.167. The number of carbonyl (C=O) groups excluding carboxylic acids is 3. The zero-order valence-corrected chi connectivity index (χ0v) is 14.2. The SMILES string of the molecule is COc1ccc(C(=O)NCC(=O)OCC(=O)c2ccccc2Cl)cc1. The third-order valence-corrected chi connectivity index (χ3v) is 3.61. The molecule has 0 aromatic heterocycles. The van der Waals surface area contributed by atoms with Gasteiger partial charge in [-0.15, -0.1) is 0 Å². The van der Waals surface area contributed by atoms with Crippen molar-refractivity contribution in [1.82, 2.24) is 5.32 Å². The van der Waals surface area contributed by atoms with E-state index in [0.29, 0.717) is 11.3 Å². The number of rotatable bonds is 7. The summed E-state index contributed by atoms with van der Waals surface area (Å²) in [6.07, 6.45) is 0. The second-order valence-corrected chi connectivity index (χ2v) is 5.38. The predicted molar refractivity (Wildman–Crippen MR) is 92.1 cm³/mol. The molecule has 0 atom stereocenters. The van der Waals surface area contributed by atoms with Crippen LogP contribution >= 0.6 is 11.6 Å². The molecule has 0 aliphatic rings. The van der Waals surface area contributed by atoms with Crippen molar-refractivity contribution in [2.45, 2.75) is 0 Å². The van der Waals surface area contributed by atoms with Crippen molar-refractivity contribution >= 4 is 29.3 Å². The fourth-order valence-electron chi connectivity index (χ4n) is 1.96. The van der Waals surface area contributed by atoms with Crippen LogP contribution in [0.15, 0.2) is 48.5 Å². The summed E-state index contributed by atoms with van der Waals surface area (Å²) in [7, 11) is 1.52. The average molecular weight is 362 g/mol. The lowest BCUT2D eigenvalue weighted by molar-refractivity contribution is -0.141. The van der Waals surface area contributed by atoms with Gasteiger partial charge in [-0.25, -0.2) is 0 Å². The number of ketones is 1. The van der Waals surface area contributed by atoms with Crippen molar-refractivity contribution in [3.05, 3.63) is 64.7 Å². The van der Waals surface area contributed by atoms with Gasteiger partial charge >= 0.3 is 5.97 Å². The van der Waals surface area contributed by atoms with E-state index in [1.807, 2.05) is 0 Å². The number of esters is 1. The minimum absolute atomic E-state index is 0.277. The summed E-state index contributed by atoms with van der Waals surface area (Å²) in [4.78, 5) is 35.5. The van der Waals surface area contributed by atoms with Crippen LogP contribution in [0.25, 0.3) is 0 Å². The summed E-state index contributed by atoms with van der Waals surface area (Å²) < 4.78 is 9.85. The molecule has 2 aromatic rings. The van der Waals surface area contributed by atoms with Gasteiger partial charge in [0.1, 0.15) is 12.3 Å². The summed E-state index contributed by atoms with van der Waals surface area (Å²) in [6, 6.07) is 12.9. The first-order valence-electron chi connectivity index (χ1n) is 7.37. The number of nitrogens with one attached hydrogen (secondary N) is 1. The lowest BCUT2D eigenvalue weighted by Gasteiger charge is -2.07. The molecule has 0 aliphatic carbocycles. The number of amides is 1. The Bertz CT molecular complexity index is 773. The molecule has 2 aromatic carbocycles. The Labute approximate surface area is 149 Å². The second kappa shape index (κ2) is 8.84. The monoisotopic (exact) mass is 361 g/mol. The summed E-state index contributed by atoms with van der Waals surface area (Å²) in [5.41, 5.74) is 0.653. The van der Waals surface area contributed by atoms with Crippen molar-refractivity contribution in [1.29, 1.82) is 0 Å². The maximum atomic E-state index is 11.9. The molecule has 7 heteroatoms. The number of ether oxygens (including phenoxy) is 2. The van der Waals surface area contributed by atoms with E-state index in [2.05, 4.69) is 5.32 Å². The highest BCUT2D eigenvalue weighted by Gasteiger charge is 2.14. The van der Waals surface area contributed by atoms with Gasteiger partial charge in [0.25, 0.3) is 5.91 Å². The lowest BCUT2D eigenvalue weighted by Crippen LogP contribution is -2.31. The first-order valence-corrected chi connectivity index (χ1v) is 7.74. The van der Waals surface area contributed by atoms with Gasteiger partial charge < -0.3 is 14.8 Å². The zero-order valence-electron chi connectivity index (χ0n) is 13.5. The predicted octanol–water partition coefficient (Wildman–Crippen LogP) is 2.50. The van der Waals surface area contributed by atoms with Gasteiger partial charge in [0.15, 0.2) is 6.61 Å². The maximum absolute atomic E-state index is 11.9. The molecule has 1 amide bonds. The Hall–Kier alpha value is -2.86. The summed E-state index contributed by atoms with van der Waals surface area (Å²) in [5, 5.41) is 2.71. The molecule has 0 unspecified atom stereocenters. The summed E-state index contributed by atoms with van der Waals surface area (Å²) >= 11 is 5.90. The quantitative estimate of drug-likeness (QED) is 0.605. The molecular weight excluding hydrogens is 346 g/mol. The van der Waals surface area contributed by atoms with E-state index < -0.39 is 24.3 Å². The van der Waals surface area contributed by atoms with E-state index in [-0.39, 0.29) is 17.1 Å². The molecule has 0 saturated carbocycles. The molecule has 0 bridgehead atoms. The molecule has 130 valence electrons. The van der Waals surface area contributed by atoms with Crippen LogP contribution in [0.4, 0.5) is 0 Å². The van der Waals surface area contributed by atoms with Crippen LogP contribution < -0.4 is 10.1 Å². The van der Waals surface area contributed by atoms with Crippen LogP contribution in [0, 0.1) is 0 Å². The summed E-state index contributed by atoms with van der Waals surface area (Å²) in [5.74, 6) is -0.950. The van der Waals surface area contributed by atoms with Crippen molar-refractivity contribution in [3.8, 4) is 5.75 Å².